The number of ether oxygens (including phenoxy) is 1. The lowest BCUT2D eigenvalue weighted by Gasteiger charge is -2.12. The van der Waals surface area contributed by atoms with Crippen molar-refractivity contribution in [2.45, 2.75) is 0 Å². The van der Waals surface area contributed by atoms with Crippen molar-refractivity contribution in [2.24, 2.45) is 0 Å². The maximum Gasteiger partial charge on any atom is 0.272 e. The van der Waals surface area contributed by atoms with Gasteiger partial charge in [0.25, 0.3) is 5.69 Å². The Hall–Kier alpha value is -2.48. The molecule has 0 fully saturated rings. The van der Waals surface area contributed by atoms with Crippen LogP contribution in [0.2, 0.25) is 0 Å². The molecule has 0 unspecified atom stereocenters. The van der Waals surface area contributed by atoms with Gasteiger partial charge in [-0.05, 0) is 34.1 Å². The lowest BCUT2D eigenvalue weighted by Crippen LogP contribution is -1.97. The third kappa shape index (κ3) is 3.22. The summed E-state index contributed by atoms with van der Waals surface area (Å²) in [6, 6.07) is 6.40. The van der Waals surface area contributed by atoms with E-state index in [1.54, 1.807) is 19.2 Å². The number of non-ortho nitro benzene ring substituents is 1. The van der Waals surface area contributed by atoms with Gasteiger partial charge in [0, 0.05) is 30.6 Å². The summed E-state index contributed by atoms with van der Waals surface area (Å²) < 4.78 is 19.9. The molecule has 0 atom stereocenters. The van der Waals surface area contributed by atoms with E-state index < -0.39 is 10.7 Å². The molecule has 0 heterocycles. The van der Waals surface area contributed by atoms with Crippen LogP contribution in [0.15, 0.2) is 34.8 Å². The topological polar surface area (TPSA) is 88.2 Å². The van der Waals surface area contributed by atoms with Gasteiger partial charge in [0.2, 0.25) is 0 Å². The minimum atomic E-state index is -0.838. The largest absolute Gasteiger partial charge is 0.453 e. The van der Waals surface area contributed by atoms with Gasteiger partial charge in [0.05, 0.1) is 15.5 Å². The van der Waals surface area contributed by atoms with Gasteiger partial charge in [-0.1, -0.05) is 0 Å². The summed E-state index contributed by atoms with van der Waals surface area (Å²) >= 11 is 3.30. The van der Waals surface area contributed by atoms with Crippen LogP contribution in [0.3, 0.4) is 0 Å². The molecule has 0 aliphatic rings. The molecular weight excluding hydrogens is 357 g/mol. The van der Waals surface area contributed by atoms with E-state index in [0.29, 0.717) is 21.5 Å². The van der Waals surface area contributed by atoms with Gasteiger partial charge in [-0.15, -0.1) is 0 Å². The van der Waals surface area contributed by atoms with E-state index in [4.69, 9.17) is 10.1 Å². The molecule has 0 saturated heterocycles. The van der Waals surface area contributed by atoms with E-state index in [-0.39, 0.29) is 11.4 Å². The maximum absolute atomic E-state index is 13.9. The quantitative estimate of drug-likeness (QED) is 0.467. The van der Waals surface area contributed by atoms with Crippen LogP contribution in [0.4, 0.5) is 15.8 Å². The van der Waals surface area contributed by atoms with Crippen LogP contribution in [0.1, 0.15) is 5.56 Å². The van der Waals surface area contributed by atoms with E-state index in [1.165, 1.54) is 6.07 Å². The average molecular weight is 368 g/mol. The average Bonchev–Trinajstić information content (AvgIpc) is 2.50. The Kier molecular flexibility index (Phi) is 4.71. The van der Waals surface area contributed by atoms with Gasteiger partial charge in [0.1, 0.15) is 5.75 Å². The van der Waals surface area contributed by atoms with E-state index in [9.17, 15) is 14.5 Å². The fourth-order valence-corrected chi connectivity index (χ4v) is 2.21. The highest BCUT2D eigenvalue weighted by atomic mass is 79.9. The minimum absolute atomic E-state index is 0.139. The fourth-order valence-electron chi connectivity index (χ4n) is 1.79. The van der Waals surface area contributed by atoms with Crippen LogP contribution in [-0.2, 0) is 0 Å². The summed E-state index contributed by atoms with van der Waals surface area (Å²) in [6.45, 7) is 0. The molecule has 22 heavy (non-hydrogen) atoms. The molecule has 0 aromatic heterocycles. The molecule has 0 aliphatic heterocycles. The van der Waals surface area contributed by atoms with Gasteiger partial charge < -0.3 is 15.5 Å². The van der Waals surface area contributed by atoms with Crippen LogP contribution in [-0.4, -0.2) is 18.2 Å². The number of nitro benzene ring substituents is 1. The number of anilines is 1. The fraction of sp³-hybridized carbons (Fsp3) is 0.0714. The number of rotatable bonds is 5. The molecule has 8 heteroatoms. The van der Waals surface area contributed by atoms with Gasteiger partial charge in [-0.3, -0.25) is 10.1 Å². The number of nitro groups is 1. The Labute approximate surface area is 133 Å². The van der Waals surface area contributed by atoms with Gasteiger partial charge >= 0.3 is 0 Å². The molecule has 114 valence electrons. The summed E-state index contributed by atoms with van der Waals surface area (Å²) in [5.41, 5.74) is 0.913. The summed E-state index contributed by atoms with van der Waals surface area (Å²) in [4.78, 5) is 9.91. The number of benzene rings is 2. The molecule has 2 aromatic carbocycles. The highest BCUT2D eigenvalue weighted by Gasteiger charge is 2.14. The number of nitrogens with one attached hydrogen (secondary N) is 2. The summed E-state index contributed by atoms with van der Waals surface area (Å²) in [5, 5.41) is 20.9. The highest BCUT2D eigenvalue weighted by molar-refractivity contribution is 9.10. The first-order valence-electron chi connectivity index (χ1n) is 6.10. The zero-order chi connectivity index (χ0) is 16.3. The first-order valence-corrected chi connectivity index (χ1v) is 6.89. The first-order chi connectivity index (χ1) is 10.5. The van der Waals surface area contributed by atoms with Gasteiger partial charge in [-0.2, -0.15) is 0 Å². The Morgan fingerprint density at radius 1 is 1.36 bits per heavy atom. The molecule has 2 rings (SSSR count). The molecule has 2 aromatic rings. The standard InChI is InChI=1S/C14H11BrFN3O3/c1-18-12-6-10(15)14(4-8(12)7-17)22-13-3-2-9(19(20)21)5-11(13)16/h2-7,17-18H,1H3. The number of hydrogen-bond donors (Lipinski definition) is 2. The second-order valence-corrected chi connectivity index (χ2v) is 5.09. The molecule has 0 saturated carbocycles. The third-order valence-electron chi connectivity index (χ3n) is 2.88. The van der Waals surface area contributed by atoms with Crippen molar-refractivity contribution in [2.75, 3.05) is 12.4 Å². The summed E-state index contributed by atoms with van der Waals surface area (Å²) in [7, 11) is 1.71. The molecule has 0 amide bonds. The molecule has 0 spiro atoms. The molecule has 0 radical (unpaired) electrons. The highest BCUT2D eigenvalue weighted by Crippen LogP contribution is 2.35. The lowest BCUT2D eigenvalue weighted by atomic mass is 10.2. The molecule has 0 aliphatic carbocycles. The number of hydrogen-bond acceptors (Lipinski definition) is 5. The predicted molar refractivity (Wildman–Crippen MR) is 84.7 cm³/mol. The first kappa shape index (κ1) is 15.9. The SMILES string of the molecule is CNc1cc(Br)c(Oc2ccc([N+](=O)[O-])cc2F)cc1C=N. The Morgan fingerprint density at radius 2 is 2.09 bits per heavy atom. The Morgan fingerprint density at radius 3 is 2.64 bits per heavy atom. The molecule has 0 bridgehead atoms. The number of nitrogens with zero attached hydrogens (tertiary/aromatic N) is 1. The zero-order valence-electron chi connectivity index (χ0n) is 11.4. The Balaban J connectivity index is 2.39. The van der Waals surface area contributed by atoms with Crippen LogP contribution >= 0.6 is 15.9 Å². The second-order valence-electron chi connectivity index (χ2n) is 4.24. The van der Waals surface area contributed by atoms with Crippen LogP contribution < -0.4 is 10.1 Å². The smallest absolute Gasteiger partial charge is 0.272 e. The van der Waals surface area contributed by atoms with Gasteiger partial charge in [-0.25, -0.2) is 4.39 Å². The van der Waals surface area contributed by atoms with Crippen molar-refractivity contribution < 1.29 is 14.1 Å². The minimum Gasteiger partial charge on any atom is -0.453 e. The van der Waals surface area contributed by atoms with Crippen LogP contribution in [0, 0.1) is 21.3 Å². The zero-order valence-corrected chi connectivity index (χ0v) is 13.0. The van der Waals surface area contributed by atoms with E-state index >= 15 is 0 Å². The maximum atomic E-state index is 13.9. The van der Waals surface area contributed by atoms with E-state index in [1.807, 2.05) is 0 Å². The van der Waals surface area contributed by atoms with Crippen molar-refractivity contribution in [3.05, 3.63) is 56.3 Å². The molecule has 6 nitrogen and oxygen atoms in total. The van der Waals surface area contributed by atoms with Gasteiger partial charge in [0.15, 0.2) is 11.6 Å². The summed E-state index contributed by atoms with van der Waals surface area (Å²) in [6.07, 6.45) is 1.14. The van der Waals surface area contributed by atoms with E-state index in [2.05, 4.69) is 21.2 Å². The number of halogens is 2. The Bertz CT molecular complexity index is 752. The van der Waals surface area contributed by atoms with Crippen molar-refractivity contribution >= 4 is 33.5 Å². The lowest BCUT2D eigenvalue weighted by molar-refractivity contribution is -0.385. The third-order valence-corrected chi connectivity index (χ3v) is 3.49. The van der Waals surface area contributed by atoms with Crippen LogP contribution in [0.25, 0.3) is 0 Å². The van der Waals surface area contributed by atoms with Crippen LogP contribution in [0.5, 0.6) is 11.5 Å². The van der Waals surface area contributed by atoms with E-state index in [0.717, 1.165) is 18.3 Å². The normalized spacial score (nSPS) is 10.1. The van der Waals surface area contributed by atoms with Crippen molar-refractivity contribution in [1.29, 1.82) is 5.41 Å². The summed E-state index contributed by atoms with van der Waals surface area (Å²) in [5.74, 6) is -0.681. The molecular formula is C14H11BrFN3O3. The van der Waals surface area contributed by atoms with Crippen molar-refractivity contribution in [3.8, 4) is 11.5 Å². The molecule has 2 N–H and O–H groups in total. The van der Waals surface area contributed by atoms with Crippen molar-refractivity contribution in [3.63, 3.8) is 0 Å². The monoisotopic (exact) mass is 367 g/mol. The second kappa shape index (κ2) is 6.52. The predicted octanol–water partition coefficient (Wildman–Crippen LogP) is 4.33. The van der Waals surface area contributed by atoms with Crippen molar-refractivity contribution in [1.82, 2.24) is 0 Å².